The molecule has 0 atom stereocenters. The van der Waals surface area contributed by atoms with E-state index in [9.17, 15) is 4.79 Å². The largest absolute Gasteiger partial charge is 0.233 e. The van der Waals surface area contributed by atoms with Gasteiger partial charge in [0.2, 0.25) is 0 Å². The van der Waals surface area contributed by atoms with Crippen molar-refractivity contribution in [3.63, 3.8) is 0 Å². The third-order valence-electron chi connectivity index (χ3n) is 0.283. The summed E-state index contributed by atoms with van der Waals surface area (Å²) in [5.41, 5.74) is 0. The van der Waals surface area contributed by atoms with Crippen molar-refractivity contribution in [2.45, 2.75) is 6.92 Å². The molecule has 0 aliphatic carbocycles. The molecule has 0 N–H and O–H groups in total. The molecule has 0 amide bonds. The van der Waals surface area contributed by atoms with E-state index >= 15 is 0 Å². The van der Waals surface area contributed by atoms with Crippen LogP contribution in [0.25, 0.3) is 0 Å². The normalized spacial score (nSPS) is 5.50. The van der Waals surface area contributed by atoms with Crippen LogP contribution in [0.2, 0.25) is 0 Å². The highest BCUT2D eigenvalue weighted by molar-refractivity contribution is 5.85. The van der Waals surface area contributed by atoms with E-state index in [1.165, 1.54) is 5.94 Å². The Hall–Kier alpha value is -0.840. The fourth-order valence-corrected chi connectivity index (χ4v) is 0.111. The third kappa shape index (κ3) is 3.16. The van der Waals surface area contributed by atoms with E-state index in [2.05, 4.69) is 4.99 Å². The second-order valence-corrected chi connectivity index (χ2v) is 0.688. The van der Waals surface area contributed by atoms with Crippen LogP contribution in [0.5, 0.6) is 0 Å². The Morgan fingerprint density at radius 3 is 2.67 bits per heavy atom. The molecule has 6 heavy (non-hydrogen) atoms. The van der Waals surface area contributed by atoms with Gasteiger partial charge in [-0.2, -0.15) is 0 Å². The molecule has 2 heteroatoms. The highest BCUT2D eigenvalue weighted by atomic mass is 16.1. The Balaban J connectivity index is 3.47. The van der Waals surface area contributed by atoms with Gasteiger partial charge in [0.1, 0.15) is 0 Å². The van der Waals surface area contributed by atoms with Crippen LogP contribution in [0, 0.1) is 0 Å². The smallest absolute Gasteiger partial charge is 0.197 e. The maximum absolute atomic E-state index is 9.23. The zero-order valence-corrected chi connectivity index (χ0v) is 3.56. The number of rotatable bonds is 1. The van der Waals surface area contributed by atoms with Gasteiger partial charge >= 0.3 is 0 Å². The van der Waals surface area contributed by atoms with Crippen LogP contribution >= 0.6 is 0 Å². The summed E-state index contributed by atoms with van der Waals surface area (Å²) in [6, 6.07) is 0. The topological polar surface area (TPSA) is 29.4 Å². The Kier molecular flexibility index (Phi) is 3.58. The first-order valence-corrected chi connectivity index (χ1v) is 1.70. The summed E-state index contributed by atoms with van der Waals surface area (Å²) in [6.07, 6.45) is 0. The number of hydrogen-bond donors (Lipinski definition) is 0. The van der Waals surface area contributed by atoms with Gasteiger partial charge in [-0.25, -0.2) is 9.79 Å². The molecule has 32 valence electrons. The Morgan fingerprint density at radius 2 is 2.50 bits per heavy atom. The highest BCUT2D eigenvalue weighted by Crippen LogP contribution is 1.52. The Morgan fingerprint density at radius 1 is 1.83 bits per heavy atom. The van der Waals surface area contributed by atoms with E-state index < -0.39 is 0 Å². The summed E-state index contributed by atoms with van der Waals surface area (Å²) in [4.78, 5) is 12.7. The van der Waals surface area contributed by atoms with E-state index in [1.54, 1.807) is 0 Å². The number of nitrogens with zero attached hydrogens (tertiary/aromatic N) is 1. The van der Waals surface area contributed by atoms with Gasteiger partial charge in [-0.15, -0.1) is 0 Å². The quantitative estimate of drug-likeness (QED) is 0.325. The van der Waals surface area contributed by atoms with Gasteiger partial charge in [0.25, 0.3) is 0 Å². The van der Waals surface area contributed by atoms with Crippen molar-refractivity contribution in [3.05, 3.63) is 0 Å². The van der Waals surface area contributed by atoms with Crippen molar-refractivity contribution >= 4 is 11.8 Å². The first-order chi connectivity index (χ1) is 2.91. The average molecular weight is 83.1 g/mol. The van der Waals surface area contributed by atoms with Crippen LogP contribution in [0.3, 0.4) is 0 Å². The SMILES string of the molecule is CCN=C=C=O. The maximum Gasteiger partial charge on any atom is 0.197 e. The molecule has 0 fully saturated rings. The first-order valence-electron chi connectivity index (χ1n) is 1.70. The zero-order valence-electron chi connectivity index (χ0n) is 3.56. The highest BCUT2D eigenvalue weighted by Gasteiger charge is 1.51. The molecule has 2 nitrogen and oxygen atoms in total. The molecule has 0 spiro atoms. The Bertz CT molecular complexity index is 96.1. The van der Waals surface area contributed by atoms with E-state index in [-0.39, 0.29) is 0 Å². The minimum absolute atomic E-state index is 0.606. The van der Waals surface area contributed by atoms with Crippen molar-refractivity contribution in [2.24, 2.45) is 4.99 Å². The number of aliphatic imine (C=N–C) groups is 1. The van der Waals surface area contributed by atoms with Crippen molar-refractivity contribution in [3.8, 4) is 0 Å². The van der Waals surface area contributed by atoms with E-state index in [4.69, 9.17) is 0 Å². The van der Waals surface area contributed by atoms with Gasteiger partial charge in [0.05, 0.1) is 5.87 Å². The molecule has 0 saturated heterocycles. The molecule has 0 unspecified atom stereocenters. The van der Waals surface area contributed by atoms with Crippen molar-refractivity contribution in [1.82, 2.24) is 0 Å². The van der Waals surface area contributed by atoms with Gasteiger partial charge < -0.3 is 0 Å². The fraction of sp³-hybridized carbons (Fsp3) is 0.500. The van der Waals surface area contributed by atoms with Crippen molar-refractivity contribution in [1.29, 1.82) is 0 Å². The lowest BCUT2D eigenvalue weighted by Crippen LogP contribution is -1.61. The Labute approximate surface area is 36.2 Å². The third-order valence-corrected chi connectivity index (χ3v) is 0.283. The molecular formula is C4H5NO. The van der Waals surface area contributed by atoms with E-state index in [0.29, 0.717) is 6.54 Å². The van der Waals surface area contributed by atoms with Gasteiger partial charge in [0.15, 0.2) is 5.94 Å². The summed E-state index contributed by atoms with van der Waals surface area (Å²) in [5.74, 6) is 3.42. The molecule has 0 aromatic heterocycles. The van der Waals surface area contributed by atoms with Gasteiger partial charge in [-0.3, -0.25) is 0 Å². The fourth-order valence-electron chi connectivity index (χ4n) is 0.111. The van der Waals surface area contributed by atoms with Crippen LogP contribution < -0.4 is 0 Å². The second-order valence-electron chi connectivity index (χ2n) is 0.688. The van der Waals surface area contributed by atoms with Crippen LogP contribution in [0.15, 0.2) is 4.99 Å². The van der Waals surface area contributed by atoms with E-state index in [0.717, 1.165) is 0 Å². The van der Waals surface area contributed by atoms with Crippen molar-refractivity contribution < 1.29 is 4.79 Å². The minimum atomic E-state index is 0.606. The summed E-state index contributed by atoms with van der Waals surface area (Å²) in [5, 5.41) is 0. The van der Waals surface area contributed by atoms with Gasteiger partial charge in [-0.05, 0) is 6.92 Å². The molecule has 0 rings (SSSR count). The summed E-state index contributed by atoms with van der Waals surface area (Å²) in [6.45, 7) is 2.43. The van der Waals surface area contributed by atoms with Crippen molar-refractivity contribution in [2.75, 3.05) is 6.54 Å². The minimum Gasteiger partial charge on any atom is -0.233 e. The monoisotopic (exact) mass is 83.0 g/mol. The molecule has 0 saturated carbocycles. The standard InChI is InChI=1S/C4H5NO/c1-2-5-3-4-6/h2H2,1H3. The lowest BCUT2D eigenvalue weighted by molar-refractivity contribution is 0.571. The van der Waals surface area contributed by atoms with Crippen LogP contribution in [0.1, 0.15) is 6.92 Å². The molecule has 0 heterocycles. The molecule has 0 aliphatic heterocycles. The molecular weight excluding hydrogens is 78.0 g/mol. The molecule has 0 radical (unpaired) electrons. The lowest BCUT2D eigenvalue weighted by Gasteiger charge is -1.60. The van der Waals surface area contributed by atoms with Gasteiger partial charge in [-0.1, -0.05) is 0 Å². The number of carbonyl (C=O) groups excluding carboxylic acids is 1. The maximum atomic E-state index is 9.23. The van der Waals surface area contributed by atoms with Crippen LogP contribution in [-0.4, -0.2) is 18.4 Å². The summed E-state index contributed by atoms with van der Waals surface area (Å²) >= 11 is 0. The lowest BCUT2D eigenvalue weighted by atomic mass is 10.8. The number of hydrogen-bond acceptors (Lipinski definition) is 2. The zero-order chi connectivity index (χ0) is 4.83. The predicted octanol–water partition coefficient (Wildman–Crippen LogP) is 0.0638. The van der Waals surface area contributed by atoms with Gasteiger partial charge in [0, 0.05) is 6.54 Å². The molecule has 0 bridgehead atoms. The first kappa shape index (κ1) is 5.16. The van der Waals surface area contributed by atoms with Crippen LogP contribution in [-0.2, 0) is 4.79 Å². The van der Waals surface area contributed by atoms with Crippen LogP contribution in [0.4, 0.5) is 0 Å². The average Bonchev–Trinajstić information content (AvgIpc) is 1.61. The second kappa shape index (κ2) is 4.16. The summed E-state index contributed by atoms with van der Waals surface area (Å²) < 4.78 is 0. The van der Waals surface area contributed by atoms with E-state index in [1.807, 2.05) is 12.8 Å². The molecule has 0 aromatic carbocycles. The predicted molar refractivity (Wildman–Crippen MR) is 23.7 cm³/mol. The molecule has 0 aromatic rings. The molecule has 0 aliphatic rings. The summed E-state index contributed by atoms with van der Waals surface area (Å²) in [7, 11) is 0.